The van der Waals surface area contributed by atoms with Crippen molar-refractivity contribution < 1.29 is 10.2 Å². The lowest BCUT2D eigenvalue weighted by Gasteiger charge is -2.16. The molecule has 0 saturated heterocycles. The molecular weight excluding hydrogens is 242 g/mol. The molecule has 0 saturated carbocycles. The van der Waals surface area contributed by atoms with Crippen LogP contribution in [0.1, 0.15) is 0 Å². The van der Waals surface area contributed by atoms with Gasteiger partial charge < -0.3 is 5.21 Å². The zero-order valence-corrected chi connectivity index (χ0v) is 7.72. The molecule has 0 unspecified atom stereocenters. The van der Waals surface area contributed by atoms with Gasteiger partial charge in [-0.3, -0.25) is 0 Å². The SMILES string of the molecule is N#CN(C(=NO)N(N)N(N=O)N=[N+]=[N-])[N+](=O)[O-]. The van der Waals surface area contributed by atoms with Crippen LogP contribution in [-0.4, -0.2) is 31.6 Å². The summed E-state index contributed by atoms with van der Waals surface area (Å²) in [5.41, 5.74) is 8.00. The first-order valence-corrected chi connectivity index (χ1v) is 3.32. The standard InChI is InChI=1S/C2H3N11O4/c3-1-10(13(16)17)2(6-14)11(5)12(9-15)8-7-4/h14H,5H2. The van der Waals surface area contributed by atoms with Crippen LogP contribution in [0.5, 0.6) is 0 Å². The highest BCUT2D eigenvalue weighted by molar-refractivity contribution is 5.78. The lowest BCUT2D eigenvalue weighted by atomic mass is 10.9. The summed E-state index contributed by atoms with van der Waals surface area (Å²) in [7, 11) is 0. The van der Waals surface area contributed by atoms with Gasteiger partial charge in [-0.2, -0.15) is 10.2 Å². The number of azide groups is 1. The van der Waals surface area contributed by atoms with Crippen molar-refractivity contribution in [2.24, 2.45) is 21.5 Å². The van der Waals surface area contributed by atoms with E-state index >= 15 is 0 Å². The summed E-state index contributed by atoms with van der Waals surface area (Å²) in [6, 6.07) is 0. The third kappa shape index (κ3) is 3.05. The average molecular weight is 245 g/mol. The highest BCUT2D eigenvalue weighted by Gasteiger charge is 2.34. The summed E-state index contributed by atoms with van der Waals surface area (Å²) in [5, 5.41) is 31.9. The van der Waals surface area contributed by atoms with Gasteiger partial charge >= 0.3 is 5.96 Å². The lowest BCUT2D eigenvalue weighted by molar-refractivity contribution is -0.613. The summed E-state index contributed by atoms with van der Waals surface area (Å²) in [6.07, 6.45) is 0.971. The van der Waals surface area contributed by atoms with E-state index in [1.165, 1.54) is 0 Å². The number of hydrogen-bond donors (Lipinski definition) is 2. The number of oxime groups is 1. The summed E-state index contributed by atoms with van der Waals surface area (Å²) in [4.78, 5) is 22.5. The molecule has 0 fully saturated rings. The molecule has 0 aliphatic carbocycles. The Hall–Kier alpha value is -3.37. The molecule has 0 atom stereocenters. The van der Waals surface area contributed by atoms with Crippen molar-refractivity contribution in [2.45, 2.75) is 0 Å². The largest absolute Gasteiger partial charge is 0.408 e. The van der Waals surface area contributed by atoms with E-state index in [9.17, 15) is 15.0 Å². The molecule has 3 N–H and O–H groups in total. The van der Waals surface area contributed by atoms with Crippen LogP contribution in [0.2, 0.25) is 0 Å². The van der Waals surface area contributed by atoms with Crippen LogP contribution < -0.4 is 5.84 Å². The fraction of sp³-hybridized carbons (Fsp3) is 0. The molecule has 0 aromatic heterocycles. The number of nitrogens with zero attached hydrogens (tertiary/aromatic N) is 10. The Kier molecular flexibility index (Phi) is 4.95. The van der Waals surface area contributed by atoms with E-state index in [4.69, 9.17) is 21.8 Å². The van der Waals surface area contributed by atoms with Crippen molar-refractivity contribution in [1.29, 1.82) is 5.26 Å². The van der Waals surface area contributed by atoms with Gasteiger partial charge in [0.1, 0.15) is 0 Å². The van der Waals surface area contributed by atoms with E-state index in [-0.39, 0.29) is 10.3 Å². The summed E-state index contributed by atoms with van der Waals surface area (Å²) in [6.45, 7) is 0. The fourth-order valence-corrected chi connectivity index (χ4v) is 0.554. The van der Waals surface area contributed by atoms with Crippen molar-refractivity contribution in [3.63, 3.8) is 0 Å². The van der Waals surface area contributed by atoms with Gasteiger partial charge in [0.15, 0.2) is 10.3 Å². The quantitative estimate of drug-likeness (QED) is 0.0504. The summed E-state index contributed by atoms with van der Waals surface area (Å²) >= 11 is 0. The maximum Gasteiger partial charge on any atom is 0.372 e. The Balaban J connectivity index is 5.27. The number of nitroso groups, excluding NO2 is 1. The molecule has 0 bridgehead atoms. The zero-order chi connectivity index (χ0) is 13.4. The van der Waals surface area contributed by atoms with Crippen molar-refractivity contribution in [3.05, 3.63) is 25.5 Å². The van der Waals surface area contributed by atoms with Crippen molar-refractivity contribution in [2.75, 3.05) is 0 Å². The molecule has 0 spiro atoms. The number of hydrazine groups is 3. The second-order valence-electron chi connectivity index (χ2n) is 1.92. The van der Waals surface area contributed by atoms with Crippen LogP contribution in [0, 0.1) is 26.5 Å². The Bertz CT molecular complexity index is 416. The smallest absolute Gasteiger partial charge is 0.372 e. The van der Waals surface area contributed by atoms with Crippen LogP contribution in [0.25, 0.3) is 10.4 Å². The van der Waals surface area contributed by atoms with Gasteiger partial charge in [0, 0.05) is 5.22 Å². The molecule has 0 heterocycles. The minimum absolute atomic E-state index is 0.126. The average Bonchev–Trinajstić information content (AvgIpc) is 2.31. The van der Waals surface area contributed by atoms with Crippen LogP contribution in [0.4, 0.5) is 0 Å². The predicted octanol–water partition coefficient (Wildman–Crippen LogP) is -0.994. The molecule has 90 valence electrons. The van der Waals surface area contributed by atoms with E-state index in [1.54, 1.807) is 0 Å². The van der Waals surface area contributed by atoms with Crippen LogP contribution in [-0.2, 0) is 0 Å². The minimum atomic E-state index is -1.31. The molecule has 0 aromatic rings. The second-order valence-corrected chi connectivity index (χ2v) is 1.92. The zero-order valence-electron chi connectivity index (χ0n) is 7.72. The summed E-state index contributed by atoms with van der Waals surface area (Å²) < 4.78 is 0. The number of nitrogens with two attached hydrogens (primary N) is 1. The van der Waals surface area contributed by atoms with Crippen molar-refractivity contribution >= 4 is 5.96 Å². The van der Waals surface area contributed by atoms with Gasteiger partial charge in [-0.15, -0.1) is 5.53 Å². The number of nitriles is 1. The summed E-state index contributed by atoms with van der Waals surface area (Å²) in [5.74, 6) is 3.76. The lowest BCUT2D eigenvalue weighted by Crippen LogP contribution is -2.53. The highest BCUT2D eigenvalue weighted by atomic mass is 16.7. The van der Waals surface area contributed by atoms with Gasteiger partial charge in [0.2, 0.25) is 0 Å². The Labute approximate surface area is 91.1 Å². The highest BCUT2D eigenvalue weighted by Crippen LogP contribution is 2.01. The first-order chi connectivity index (χ1) is 8.03. The molecule has 0 aliphatic rings. The van der Waals surface area contributed by atoms with Crippen LogP contribution in [0.15, 0.2) is 15.7 Å². The molecule has 0 rings (SSSR count). The Morgan fingerprint density at radius 2 is 2.29 bits per heavy atom. The monoisotopic (exact) mass is 245 g/mol. The van der Waals surface area contributed by atoms with E-state index in [0.29, 0.717) is 0 Å². The van der Waals surface area contributed by atoms with Gasteiger partial charge in [0.25, 0.3) is 6.19 Å². The molecular formula is C2H3N11O4. The van der Waals surface area contributed by atoms with Gasteiger partial charge in [-0.25, -0.2) is 16.0 Å². The Morgan fingerprint density at radius 3 is 2.59 bits per heavy atom. The van der Waals surface area contributed by atoms with E-state index in [2.05, 4.69) is 15.3 Å². The maximum absolute atomic E-state index is 10.3. The van der Waals surface area contributed by atoms with E-state index in [0.717, 1.165) is 6.19 Å². The number of guanidine groups is 1. The third-order valence-electron chi connectivity index (χ3n) is 1.13. The van der Waals surface area contributed by atoms with Gasteiger partial charge in [-0.05, 0) is 5.16 Å². The molecule has 17 heavy (non-hydrogen) atoms. The number of nitro groups is 1. The van der Waals surface area contributed by atoms with Crippen LogP contribution >= 0.6 is 0 Å². The maximum atomic E-state index is 10.3. The van der Waals surface area contributed by atoms with Gasteiger partial charge in [0.05, 0.1) is 10.2 Å². The first kappa shape index (κ1) is 13.6. The number of rotatable bonds is 4. The van der Waals surface area contributed by atoms with E-state index in [1.807, 2.05) is 5.29 Å². The number of hydrogen-bond acceptors (Lipinski definition) is 9. The van der Waals surface area contributed by atoms with Gasteiger partial charge in [-0.1, -0.05) is 10.0 Å². The molecule has 0 aliphatic heterocycles. The van der Waals surface area contributed by atoms with Crippen molar-refractivity contribution in [1.82, 2.24) is 15.4 Å². The minimum Gasteiger partial charge on any atom is -0.408 e. The second kappa shape index (κ2) is 6.18. The molecule has 15 nitrogen and oxygen atoms in total. The Morgan fingerprint density at radius 1 is 1.71 bits per heavy atom. The molecule has 0 radical (unpaired) electrons. The molecule has 0 aromatic carbocycles. The topological polar surface area (TPSA) is 213 Å². The molecule has 0 amide bonds. The molecule has 15 heteroatoms. The third-order valence-corrected chi connectivity index (χ3v) is 1.13. The predicted molar refractivity (Wildman–Crippen MR) is 46.5 cm³/mol. The fourth-order valence-electron chi connectivity index (χ4n) is 0.554. The van der Waals surface area contributed by atoms with E-state index < -0.39 is 16.0 Å². The first-order valence-electron chi connectivity index (χ1n) is 3.32. The normalized spacial score (nSPS) is 9.53. The van der Waals surface area contributed by atoms with Crippen LogP contribution in [0.3, 0.4) is 0 Å². The van der Waals surface area contributed by atoms with Crippen molar-refractivity contribution in [3.8, 4) is 6.19 Å².